The Balaban J connectivity index is 1.67. The van der Waals surface area contributed by atoms with Gasteiger partial charge >= 0.3 is 0 Å². The van der Waals surface area contributed by atoms with Crippen molar-refractivity contribution in [2.75, 3.05) is 18.4 Å². The molecule has 0 bridgehead atoms. The summed E-state index contributed by atoms with van der Waals surface area (Å²) in [5, 5.41) is 7.33. The molecule has 0 aliphatic rings. The maximum Gasteiger partial charge on any atom is 0.268 e. The summed E-state index contributed by atoms with van der Waals surface area (Å²) in [6.45, 7) is 7.31. The molecule has 0 unspecified atom stereocenters. The second-order valence-electron chi connectivity index (χ2n) is 6.00. The van der Waals surface area contributed by atoms with Crippen LogP contribution in [0.4, 0.5) is 5.69 Å². The summed E-state index contributed by atoms with van der Waals surface area (Å²) in [7, 11) is 0. The van der Waals surface area contributed by atoms with Gasteiger partial charge in [0.25, 0.3) is 5.91 Å². The fourth-order valence-electron chi connectivity index (χ4n) is 2.96. The van der Waals surface area contributed by atoms with Gasteiger partial charge in [0.05, 0.1) is 5.69 Å². The molecule has 5 heteroatoms. The van der Waals surface area contributed by atoms with Crippen molar-refractivity contribution in [3.05, 3.63) is 59.0 Å². The van der Waals surface area contributed by atoms with E-state index in [9.17, 15) is 4.79 Å². The second kappa shape index (κ2) is 6.74. The molecular weight excluding hydrogens is 300 g/mol. The van der Waals surface area contributed by atoms with E-state index in [0.29, 0.717) is 18.8 Å². The number of H-pyrrole nitrogens is 1. The van der Waals surface area contributed by atoms with Gasteiger partial charge in [-0.25, -0.2) is 0 Å². The Morgan fingerprint density at radius 1 is 1.12 bits per heavy atom. The van der Waals surface area contributed by atoms with Crippen molar-refractivity contribution in [2.45, 2.75) is 20.8 Å². The van der Waals surface area contributed by atoms with Crippen LogP contribution in [0.2, 0.25) is 0 Å². The van der Waals surface area contributed by atoms with Crippen molar-refractivity contribution in [1.82, 2.24) is 15.3 Å². The van der Waals surface area contributed by atoms with Crippen molar-refractivity contribution in [3.63, 3.8) is 0 Å². The number of aromatic nitrogens is 2. The van der Waals surface area contributed by atoms with Gasteiger partial charge in [-0.2, -0.15) is 0 Å². The van der Waals surface area contributed by atoms with E-state index in [1.807, 2.05) is 19.1 Å². The van der Waals surface area contributed by atoms with E-state index in [2.05, 4.69) is 46.6 Å². The van der Waals surface area contributed by atoms with Crippen molar-refractivity contribution < 1.29 is 4.79 Å². The molecule has 0 saturated carbocycles. The first-order valence-electron chi connectivity index (χ1n) is 8.08. The van der Waals surface area contributed by atoms with Gasteiger partial charge < -0.3 is 15.6 Å². The molecule has 0 spiro atoms. The van der Waals surface area contributed by atoms with Crippen LogP contribution in [0.25, 0.3) is 10.9 Å². The van der Waals surface area contributed by atoms with Gasteiger partial charge in [0.15, 0.2) is 0 Å². The normalized spacial score (nSPS) is 10.8. The number of nitrogens with zero attached hydrogens (tertiary/aromatic N) is 1. The lowest BCUT2D eigenvalue weighted by Crippen LogP contribution is -2.29. The minimum absolute atomic E-state index is 0.0736. The number of aromatic amines is 1. The summed E-state index contributed by atoms with van der Waals surface area (Å²) in [4.78, 5) is 19.8. The standard InChI is InChI=1S/C19H22N4O/c1-12-6-7-13(2)17-16(12)14(3)18(23-17)19(24)22-10-9-21-15-5-4-8-20-11-15/h4-8,11,21,23H,9-10H2,1-3H3,(H,22,24). The van der Waals surface area contributed by atoms with Gasteiger partial charge in [-0.05, 0) is 49.6 Å². The van der Waals surface area contributed by atoms with Gasteiger partial charge in [0.1, 0.15) is 5.69 Å². The Hall–Kier alpha value is -2.82. The summed E-state index contributed by atoms with van der Waals surface area (Å²) in [5.74, 6) is -0.0736. The van der Waals surface area contributed by atoms with Crippen LogP contribution in [-0.4, -0.2) is 29.0 Å². The maximum absolute atomic E-state index is 12.5. The highest BCUT2D eigenvalue weighted by atomic mass is 16.1. The highest BCUT2D eigenvalue weighted by Gasteiger charge is 2.16. The van der Waals surface area contributed by atoms with Crippen LogP contribution < -0.4 is 10.6 Å². The number of carbonyl (C=O) groups excluding carboxylic acids is 1. The molecule has 2 aromatic heterocycles. The largest absolute Gasteiger partial charge is 0.382 e. The second-order valence-corrected chi connectivity index (χ2v) is 6.00. The number of benzene rings is 1. The summed E-state index contributed by atoms with van der Waals surface area (Å²) in [6, 6.07) is 7.99. The molecule has 0 aliphatic carbocycles. The predicted molar refractivity (Wildman–Crippen MR) is 97.6 cm³/mol. The molecule has 5 nitrogen and oxygen atoms in total. The van der Waals surface area contributed by atoms with E-state index in [1.54, 1.807) is 12.4 Å². The number of carbonyl (C=O) groups is 1. The molecule has 124 valence electrons. The van der Waals surface area contributed by atoms with E-state index in [4.69, 9.17) is 0 Å². The molecule has 3 N–H and O–H groups in total. The molecule has 0 atom stereocenters. The number of hydrogen-bond acceptors (Lipinski definition) is 3. The maximum atomic E-state index is 12.5. The first kappa shape index (κ1) is 16.1. The summed E-state index contributed by atoms with van der Waals surface area (Å²) in [6.07, 6.45) is 3.49. The molecule has 0 saturated heterocycles. The first-order chi connectivity index (χ1) is 11.6. The molecule has 3 aromatic rings. The van der Waals surface area contributed by atoms with Crippen molar-refractivity contribution in [2.24, 2.45) is 0 Å². The fourth-order valence-corrected chi connectivity index (χ4v) is 2.96. The third-order valence-electron chi connectivity index (χ3n) is 4.25. The van der Waals surface area contributed by atoms with E-state index >= 15 is 0 Å². The van der Waals surface area contributed by atoms with Crippen LogP contribution >= 0.6 is 0 Å². The van der Waals surface area contributed by atoms with Gasteiger partial charge in [-0.1, -0.05) is 12.1 Å². The molecule has 0 fully saturated rings. The summed E-state index contributed by atoms with van der Waals surface area (Å²) in [5.41, 5.74) is 5.97. The first-order valence-corrected chi connectivity index (χ1v) is 8.08. The SMILES string of the molecule is Cc1ccc(C)c2c(C)c(C(=O)NCCNc3cccnc3)[nH]c12. The minimum atomic E-state index is -0.0736. The van der Waals surface area contributed by atoms with Crippen LogP contribution in [0.1, 0.15) is 27.2 Å². The minimum Gasteiger partial charge on any atom is -0.382 e. The van der Waals surface area contributed by atoms with E-state index in [-0.39, 0.29) is 5.91 Å². The monoisotopic (exact) mass is 322 g/mol. The Bertz CT molecular complexity index is 868. The number of aryl methyl sites for hydroxylation is 3. The van der Waals surface area contributed by atoms with E-state index in [1.165, 1.54) is 5.56 Å². The number of amides is 1. The lowest BCUT2D eigenvalue weighted by Gasteiger charge is -2.07. The number of nitrogens with one attached hydrogen (secondary N) is 3. The van der Waals surface area contributed by atoms with Crippen LogP contribution in [0.15, 0.2) is 36.7 Å². The predicted octanol–water partition coefficient (Wildman–Crippen LogP) is 3.33. The number of hydrogen-bond donors (Lipinski definition) is 3. The zero-order valence-electron chi connectivity index (χ0n) is 14.2. The highest BCUT2D eigenvalue weighted by Crippen LogP contribution is 2.27. The zero-order valence-corrected chi connectivity index (χ0v) is 14.2. The number of fused-ring (bicyclic) bond motifs is 1. The fraction of sp³-hybridized carbons (Fsp3) is 0.263. The third-order valence-corrected chi connectivity index (χ3v) is 4.25. The van der Waals surface area contributed by atoms with Crippen molar-refractivity contribution in [3.8, 4) is 0 Å². The molecule has 3 rings (SSSR count). The lowest BCUT2D eigenvalue weighted by molar-refractivity contribution is 0.0950. The van der Waals surface area contributed by atoms with Crippen LogP contribution in [0.3, 0.4) is 0 Å². The number of pyridine rings is 1. The Kier molecular flexibility index (Phi) is 4.51. The molecule has 24 heavy (non-hydrogen) atoms. The van der Waals surface area contributed by atoms with E-state index in [0.717, 1.165) is 27.7 Å². The molecule has 0 radical (unpaired) electrons. The third kappa shape index (κ3) is 3.11. The summed E-state index contributed by atoms with van der Waals surface area (Å²) >= 11 is 0. The molecule has 1 aromatic carbocycles. The van der Waals surface area contributed by atoms with Gasteiger partial charge in [0.2, 0.25) is 0 Å². The van der Waals surface area contributed by atoms with Crippen LogP contribution in [0.5, 0.6) is 0 Å². The van der Waals surface area contributed by atoms with Crippen molar-refractivity contribution >= 4 is 22.5 Å². The van der Waals surface area contributed by atoms with Crippen LogP contribution in [-0.2, 0) is 0 Å². The Morgan fingerprint density at radius 3 is 2.62 bits per heavy atom. The topological polar surface area (TPSA) is 69.8 Å². The summed E-state index contributed by atoms with van der Waals surface area (Å²) < 4.78 is 0. The van der Waals surface area contributed by atoms with Gasteiger partial charge in [-0.15, -0.1) is 0 Å². The highest BCUT2D eigenvalue weighted by molar-refractivity contribution is 6.02. The van der Waals surface area contributed by atoms with E-state index < -0.39 is 0 Å². The van der Waals surface area contributed by atoms with Gasteiger partial charge in [0, 0.05) is 36.4 Å². The molecular formula is C19H22N4O. The lowest BCUT2D eigenvalue weighted by atomic mass is 10.0. The Labute approximate surface area is 141 Å². The smallest absolute Gasteiger partial charge is 0.268 e. The van der Waals surface area contributed by atoms with Crippen molar-refractivity contribution in [1.29, 1.82) is 0 Å². The number of rotatable bonds is 5. The van der Waals surface area contributed by atoms with Gasteiger partial charge in [-0.3, -0.25) is 9.78 Å². The average Bonchev–Trinajstić information content (AvgIpc) is 2.95. The quantitative estimate of drug-likeness (QED) is 0.631. The molecule has 1 amide bonds. The average molecular weight is 322 g/mol. The molecule has 0 aliphatic heterocycles. The zero-order chi connectivity index (χ0) is 17.1. The Morgan fingerprint density at radius 2 is 1.92 bits per heavy atom. The van der Waals surface area contributed by atoms with Crippen LogP contribution in [0, 0.1) is 20.8 Å². The molecule has 2 heterocycles. The number of anilines is 1.